The zero-order valence-electron chi connectivity index (χ0n) is 16.2. The first-order valence-corrected chi connectivity index (χ1v) is 10.2. The summed E-state index contributed by atoms with van der Waals surface area (Å²) in [6.07, 6.45) is 7.26. The number of hydrogen-bond donors (Lipinski definition) is 4. The molecule has 6 nitrogen and oxygen atoms in total. The summed E-state index contributed by atoms with van der Waals surface area (Å²) in [6.45, 7) is 0.0519. The van der Waals surface area contributed by atoms with E-state index in [-0.39, 0.29) is 24.9 Å². The smallest absolute Gasteiger partial charge is 0.303 e. The van der Waals surface area contributed by atoms with Crippen LogP contribution in [0.1, 0.15) is 32.1 Å². The van der Waals surface area contributed by atoms with Crippen LogP contribution in [0.25, 0.3) is 0 Å². The maximum atomic E-state index is 10.5. The van der Waals surface area contributed by atoms with Gasteiger partial charge in [0.05, 0.1) is 12.2 Å². The molecule has 1 aliphatic carbocycles. The van der Waals surface area contributed by atoms with Gasteiger partial charge in [-0.2, -0.15) is 0 Å². The Morgan fingerprint density at radius 1 is 1.28 bits per heavy atom. The van der Waals surface area contributed by atoms with Crippen molar-refractivity contribution in [3.63, 3.8) is 0 Å². The van der Waals surface area contributed by atoms with Gasteiger partial charge in [-0.05, 0) is 43.4 Å². The number of benzene rings is 1. The monoisotopic (exact) mass is 424 g/mol. The van der Waals surface area contributed by atoms with Crippen LogP contribution >= 0.6 is 11.6 Å². The molecule has 0 aromatic heterocycles. The van der Waals surface area contributed by atoms with Crippen LogP contribution in [0.4, 0.5) is 0 Å². The molecule has 0 spiro atoms. The molecule has 0 saturated heterocycles. The van der Waals surface area contributed by atoms with Gasteiger partial charge >= 0.3 is 5.97 Å². The van der Waals surface area contributed by atoms with Crippen molar-refractivity contribution in [1.29, 1.82) is 0 Å². The summed E-state index contributed by atoms with van der Waals surface area (Å²) in [5, 5.41) is 39.8. The second-order valence-electron chi connectivity index (χ2n) is 7.33. The third-order valence-corrected chi connectivity index (χ3v) is 5.26. The predicted molar refractivity (Wildman–Crippen MR) is 111 cm³/mol. The molecule has 0 unspecified atom stereocenters. The Morgan fingerprint density at radius 3 is 2.79 bits per heavy atom. The van der Waals surface area contributed by atoms with Crippen LogP contribution in [0, 0.1) is 11.8 Å². The van der Waals surface area contributed by atoms with Gasteiger partial charge in [0, 0.05) is 23.8 Å². The van der Waals surface area contributed by atoms with Crippen molar-refractivity contribution in [2.24, 2.45) is 11.8 Å². The average molecular weight is 425 g/mol. The second kappa shape index (κ2) is 12.0. The minimum absolute atomic E-state index is 0.0519. The number of aliphatic carboxylic acids is 1. The van der Waals surface area contributed by atoms with Gasteiger partial charge in [0.15, 0.2) is 0 Å². The fourth-order valence-electron chi connectivity index (χ4n) is 3.50. The molecule has 1 aromatic carbocycles. The molecule has 1 aromatic rings. The Bertz CT molecular complexity index is 704. The zero-order valence-corrected chi connectivity index (χ0v) is 17.0. The van der Waals surface area contributed by atoms with E-state index in [0.717, 1.165) is 0 Å². The minimum Gasteiger partial charge on any atom is -0.491 e. The minimum atomic E-state index is -0.855. The van der Waals surface area contributed by atoms with Crippen molar-refractivity contribution in [3.05, 3.63) is 53.6 Å². The molecule has 160 valence electrons. The van der Waals surface area contributed by atoms with Gasteiger partial charge in [0.2, 0.25) is 0 Å². The molecule has 0 bridgehead atoms. The van der Waals surface area contributed by atoms with Crippen molar-refractivity contribution >= 4 is 17.6 Å². The quantitative estimate of drug-likeness (QED) is 0.321. The molecule has 1 aliphatic rings. The van der Waals surface area contributed by atoms with E-state index in [9.17, 15) is 20.1 Å². The lowest BCUT2D eigenvalue weighted by molar-refractivity contribution is -0.137. The summed E-state index contributed by atoms with van der Waals surface area (Å²) in [5.41, 5.74) is 0. The van der Waals surface area contributed by atoms with Crippen LogP contribution in [0.15, 0.2) is 48.6 Å². The summed E-state index contributed by atoms with van der Waals surface area (Å²) < 4.78 is 5.51. The summed E-state index contributed by atoms with van der Waals surface area (Å²) in [4.78, 5) is 10.5. The van der Waals surface area contributed by atoms with Crippen LogP contribution in [-0.2, 0) is 4.79 Å². The first-order valence-electron chi connectivity index (χ1n) is 9.84. The van der Waals surface area contributed by atoms with Gasteiger partial charge in [-0.25, -0.2) is 0 Å². The highest BCUT2D eigenvalue weighted by Gasteiger charge is 2.39. The molecule has 1 fully saturated rings. The number of aliphatic hydroxyl groups excluding tert-OH is 3. The largest absolute Gasteiger partial charge is 0.491 e. The van der Waals surface area contributed by atoms with E-state index in [0.29, 0.717) is 36.5 Å². The van der Waals surface area contributed by atoms with Gasteiger partial charge < -0.3 is 25.2 Å². The number of halogens is 1. The fraction of sp³-hybridized carbons (Fsp3) is 0.500. The van der Waals surface area contributed by atoms with E-state index >= 15 is 0 Å². The van der Waals surface area contributed by atoms with E-state index in [1.165, 1.54) is 0 Å². The first-order chi connectivity index (χ1) is 13.9. The number of carboxylic acid groups (broad SMARTS) is 1. The molecule has 0 aliphatic heterocycles. The van der Waals surface area contributed by atoms with E-state index in [2.05, 4.69) is 0 Å². The van der Waals surface area contributed by atoms with Crippen LogP contribution in [-0.4, -0.2) is 51.3 Å². The van der Waals surface area contributed by atoms with Crippen LogP contribution < -0.4 is 4.74 Å². The summed E-state index contributed by atoms with van der Waals surface area (Å²) in [5.74, 6) is -0.671. The Balaban J connectivity index is 1.83. The fourth-order valence-corrected chi connectivity index (χ4v) is 3.68. The topological polar surface area (TPSA) is 107 Å². The number of carboxylic acids is 1. The highest BCUT2D eigenvalue weighted by atomic mass is 35.5. The molecule has 5 atom stereocenters. The second-order valence-corrected chi connectivity index (χ2v) is 7.76. The third kappa shape index (κ3) is 8.19. The number of ether oxygens (including phenoxy) is 1. The maximum Gasteiger partial charge on any atom is 0.303 e. The van der Waals surface area contributed by atoms with Crippen LogP contribution in [0.5, 0.6) is 5.75 Å². The number of allylic oxidation sites excluding steroid dienone is 2. The van der Waals surface area contributed by atoms with Crippen molar-refractivity contribution in [3.8, 4) is 5.75 Å². The lowest BCUT2D eigenvalue weighted by Crippen LogP contribution is -2.21. The molecule has 1 saturated carbocycles. The molecular formula is C22H29ClO6. The normalized spacial score (nSPS) is 25.7. The van der Waals surface area contributed by atoms with Gasteiger partial charge in [0.1, 0.15) is 18.5 Å². The molecule has 0 radical (unpaired) electrons. The lowest BCUT2D eigenvalue weighted by atomic mass is 9.89. The average Bonchev–Trinajstić information content (AvgIpc) is 2.93. The highest BCUT2D eigenvalue weighted by Crippen LogP contribution is 2.36. The standard InChI is InChI=1S/C22H29ClO6/c23-15-6-5-7-17(12-15)29-14-16(24)10-11-19-18(20(25)13-21(19)26)8-3-1-2-4-9-22(27)28/h1,3,5-7,10-12,16,18-21,24-26H,2,4,8-9,13-14H2,(H,27,28)/b3-1-,11-10+/t16-,18-,19-,20+,21-/m0/s1. The third-order valence-electron chi connectivity index (χ3n) is 5.02. The van der Waals surface area contributed by atoms with Crippen LogP contribution in [0.3, 0.4) is 0 Å². The van der Waals surface area contributed by atoms with Gasteiger partial charge in [-0.3, -0.25) is 4.79 Å². The zero-order chi connectivity index (χ0) is 21.2. The summed E-state index contributed by atoms with van der Waals surface area (Å²) in [6, 6.07) is 6.90. The number of hydrogen-bond acceptors (Lipinski definition) is 5. The Morgan fingerprint density at radius 2 is 2.07 bits per heavy atom. The summed E-state index contributed by atoms with van der Waals surface area (Å²) >= 11 is 5.90. The first kappa shape index (κ1) is 23.4. The van der Waals surface area contributed by atoms with Crippen LogP contribution in [0.2, 0.25) is 5.02 Å². The SMILES string of the molecule is O=C(O)CCC/C=C\C[C@H]1[C@H](/C=C/[C@H](O)COc2cccc(Cl)c2)[C@@H](O)C[C@H]1O. The Kier molecular flexibility index (Phi) is 9.67. The molecule has 29 heavy (non-hydrogen) atoms. The predicted octanol–water partition coefficient (Wildman–Crippen LogP) is 3.20. The van der Waals surface area contributed by atoms with Crippen molar-refractivity contribution in [2.75, 3.05) is 6.61 Å². The highest BCUT2D eigenvalue weighted by molar-refractivity contribution is 6.30. The molecule has 0 heterocycles. The van der Waals surface area contributed by atoms with E-state index in [4.69, 9.17) is 21.4 Å². The molecular weight excluding hydrogens is 396 g/mol. The van der Waals surface area contributed by atoms with Gasteiger partial charge in [-0.15, -0.1) is 0 Å². The number of aliphatic hydroxyl groups is 3. The van der Waals surface area contributed by atoms with Gasteiger partial charge in [0.25, 0.3) is 0 Å². The van der Waals surface area contributed by atoms with E-state index < -0.39 is 24.3 Å². The molecule has 0 amide bonds. The molecule has 7 heteroatoms. The summed E-state index contributed by atoms with van der Waals surface area (Å²) in [7, 11) is 0. The molecule has 4 N–H and O–H groups in total. The van der Waals surface area contributed by atoms with E-state index in [1.54, 1.807) is 36.4 Å². The Labute approximate surface area is 176 Å². The maximum absolute atomic E-state index is 10.5. The van der Waals surface area contributed by atoms with E-state index in [1.807, 2.05) is 12.2 Å². The van der Waals surface area contributed by atoms with Crippen molar-refractivity contribution in [1.82, 2.24) is 0 Å². The van der Waals surface area contributed by atoms with Crippen molar-refractivity contribution < 1.29 is 30.0 Å². The van der Waals surface area contributed by atoms with Gasteiger partial charge in [-0.1, -0.05) is 42.0 Å². The lowest BCUT2D eigenvalue weighted by Gasteiger charge is -2.19. The molecule has 2 rings (SSSR count). The van der Waals surface area contributed by atoms with Crippen molar-refractivity contribution in [2.45, 2.75) is 50.4 Å². The number of carbonyl (C=O) groups is 1. The Hall–Kier alpha value is -1.86. The number of unbranched alkanes of at least 4 members (excludes halogenated alkanes) is 1. The number of rotatable bonds is 11.